The highest BCUT2D eigenvalue weighted by molar-refractivity contribution is 5.76. The van der Waals surface area contributed by atoms with Crippen LogP contribution >= 0.6 is 0 Å². The van der Waals surface area contributed by atoms with Crippen LogP contribution in [0.4, 0.5) is 0 Å². The minimum Gasteiger partial charge on any atom is -0.481 e. The first-order chi connectivity index (χ1) is 16.2. The van der Waals surface area contributed by atoms with Crippen LogP contribution in [0.2, 0.25) is 0 Å². The number of rotatable bonds is 2. The van der Waals surface area contributed by atoms with Crippen molar-refractivity contribution in [3.8, 4) is 0 Å². The Labute approximate surface area is 211 Å². The van der Waals surface area contributed by atoms with Crippen molar-refractivity contribution < 1.29 is 25.2 Å². The van der Waals surface area contributed by atoms with E-state index in [1.165, 1.54) is 5.57 Å². The summed E-state index contributed by atoms with van der Waals surface area (Å²) in [5, 5.41) is 43.4. The van der Waals surface area contributed by atoms with Crippen molar-refractivity contribution in [1.82, 2.24) is 0 Å². The summed E-state index contributed by atoms with van der Waals surface area (Å²) in [6.45, 7) is 13.6. The number of hydrogen-bond donors (Lipinski definition) is 4. The Morgan fingerprint density at radius 2 is 1.66 bits per heavy atom. The normalized spacial score (nSPS) is 57.7. The molecule has 198 valence electrons. The van der Waals surface area contributed by atoms with Crippen molar-refractivity contribution in [2.75, 3.05) is 6.61 Å². The second-order valence-corrected chi connectivity index (χ2v) is 14.4. The Balaban J connectivity index is 1.63. The lowest BCUT2D eigenvalue weighted by molar-refractivity contribution is -0.254. The molecule has 4 N–H and O–H groups in total. The van der Waals surface area contributed by atoms with E-state index in [0.717, 1.165) is 44.9 Å². The number of carboxylic acids is 1. The van der Waals surface area contributed by atoms with Crippen molar-refractivity contribution in [2.45, 2.75) is 105 Å². The molecule has 5 aliphatic carbocycles. The van der Waals surface area contributed by atoms with E-state index in [0.29, 0.717) is 18.3 Å². The molecule has 5 heteroatoms. The standard InChI is InChI=1S/C30H48O5/c1-17-9-12-30(25(34)35)14-13-27(4)19(24(30)18(17)2)7-8-21-28(27,5)11-10-20-26(3,16-31)22(32)15-23(33)29(20,21)6/h7,17-18,20-24,31-33H,8-16H2,1-6H3,(H,34,35)/t17-,18?,20?,21+,22+,23+,24?,26-,27-,28-,29+,30?/m1/s1. The van der Waals surface area contributed by atoms with Crippen molar-refractivity contribution in [3.63, 3.8) is 0 Å². The Bertz CT molecular complexity index is 930. The largest absolute Gasteiger partial charge is 0.481 e. The monoisotopic (exact) mass is 488 g/mol. The van der Waals surface area contributed by atoms with E-state index in [-0.39, 0.29) is 35.2 Å². The Morgan fingerprint density at radius 1 is 0.971 bits per heavy atom. The maximum atomic E-state index is 12.8. The fourth-order valence-electron chi connectivity index (χ4n) is 10.8. The van der Waals surface area contributed by atoms with E-state index >= 15 is 0 Å². The Kier molecular flexibility index (Phi) is 5.73. The Hall–Kier alpha value is -0.910. The van der Waals surface area contributed by atoms with Gasteiger partial charge in [-0.05, 0) is 85.4 Å². The number of aliphatic hydroxyl groups excluding tert-OH is 3. The SMILES string of the molecule is CC1C2C3=CC[C@@H]4[C@]5(C)C(CC[C@@]4(C)[C@]3(C)CCC2(C(=O)O)CC[C@H]1C)[C@@](C)(CO)[C@@H](O)C[C@@H]5O. The molecule has 4 unspecified atom stereocenters. The van der Waals surface area contributed by atoms with Crippen molar-refractivity contribution in [2.24, 2.45) is 56.7 Å². The van der Waals surface area contributed by atoms with Gasteiger partial charge in [0, 0.05) is 17.3 Å². The third kappa shape index (κ3) is 2.90. The van der Waals surface area contributed by atoms with Gasteiger partial charge in [0.15, 0.2) is 0 Å². The maximum Gasteiger partial charge on any atom is 0.310 e. The molecule has 4 fully saturated rings. The zero-order valence-electron chi connectivity index (χ0n) is 22.7. The minimum atomic E-state index is -0.703. The van der Waals surface area contributed by atoms with E-state index in [1.54, 1.807) is 0 Å². The topological polar surface area (TPSA) is 98.0 Å². The molecule has 0 radical (unpaired) electrons. The van der Waals surface area contributed by atoms with Gasteiger partial charge in [-0.25, -0.2) is 0 Å². The van der Waals surface area contributed by atoms with Gasteiger partial charge in [0.05, 0.1) is 24.2 Å². The first-order valence-electron chi connectivity index (χ1n) is 14.1. The fraction of sp³-hybridized carbons (Fsp3) is 0.900. The molecule has 5 rings (SSSR count). The van der Waals surface area contributed by atoms with Crippen LogP contribution in [-0.4, -0.2) is 45.2 Å². The van der Waals surface area contributed by atoms with Gasteiger partial charge in [-0.2, -0.15) is 0 Å². The maximum absolute atomic E-state index is 12.8. The first-order valence-corrected chi connectivity index (χ1v) is 14.1. The van der Waals surface area contributed by atoms with Gasteiger partial charge in [-0.1, -0.05) is 53.2 Å². The minimum absolute atomic E-state index is 0.0469. The molecule has 0 bridgehead atoms. The summed E-state index contributed by atoms with van der Waals surface area (Å²) in [7, 11) is 0. The number of allylic oxidation sites excluding steroid dienone is 2. The molecule has 0 saturated heterocycles. The molecule has 5 nitrogen and oxygen atoms in total. The molecule has 0 aliphatic heterocycles. The van der Waals surface area contributed by atoms with Crippen LogP contribution in [0, 0.1) is 56.7 Å². The zero-order chi connectivity index (χ0) is 25.8. The lowest BCUT2D eigenvalue weighted by Crippen LogP contribution is -2.69. The summed E-state index contributed by atoms with van der Waals surface area (Å²) in [5.41, 5.74) is -0.440. The number of carboxylic acid groups (broad SMARTS) is 1. The smallest absolute Gasteiger partial charge is 0.310 e. The molecule has 5 aliphatic rings. The van der Waals surface area contributed by atoms with Crippen LogP contribution in [0.25, 0.3) is 0 Å². The lowest BCUT2D eigenvalue weighted by atomic mass is 9.33. The summed E-state index contributed by atoms with van der Waals surface area (Å²) in [6, 6.07) is 0. The van der Waals surface area contributed by atoms with Gasteiger partial charge in [0.2, 0.25) is 0 Å². The Morgan fingerprint density at radius 3 is 2.29 bits per heavy atom. The van der Waals surface area contributed by atoms with Crippen LogP contribution < -0.4 is 0 Å². The first kappa shape index (κ1) is 25.7. The molecule has 0 aromatic rings. The molecule has 35 heavy (non-hydrogen) atoms. The molecule has 0 amide bonds. The third-order valence-electron chi connectivity index (χ3n) is 13.7. The van der Waals surface area contributed by atoms with Crippen molar-refractivity contribution in [1.29, 1.82) is 0 Å². The predicted molar refractivity (Wildman–Crippen MR) is 135 cm³/mol. The summed E-state index contributed by atoms with van der Waals surface area (Å²) >= 11 is 0. The number of carbonyl (C=O) groups is 1. The highest BCUT2D eigenvalue weighted by atomic mass is 16.4. The number of hydrogen-bond acceptors (Lipinski definition) is 4. The summed E-state index contributed by atoms with van der Waals surface area (Å²) in [5.74, 6) is 0.594. The summed E-state index contributed by atoms with van der Waals surface area (Å²) < 4.78 is 0. The highest BCUT2D eigenvalue weighted by Gasteiger charge is 2.71. The molecular weight excluding hydrogens is 440 g/mol. The quantitative estimate of drug-likeness (QED) is 0.409. The van der Waals surface area contributed by atoms with Crippen LogP contribution in [0.1, 0.15) is 92.9 Å². The van der Waals surface area contributed by atoms with Crippen LogP contribution in [0.5, 0.6) is 0 Å². The van der Waals surface area contributed by atoms with E-state index in [1.807, 2.05) is 6.92 Å². The third-order valence-corrected chi connectivity index (χ3v) is 13.7. The van der Waals surface area contributed by atoms with Crippen LogP contribution in [-0.2, 0) is 4.79 Å². The van der Waals surface area contributed by atoms with Gasteiger partial charge in [0.1, 0.15) is 0 Å². The van der Waals surface area contributed by atoms with Gasteiger partial charge < -0.3 is 20.4 Å². The van der Waals surface area contributed by atoms with Crippen molar-refractivity contribution >= 4 is 5.97 Å². The number of aliphatic carboxylic acids is 1. The second kappa shape index (κ2) is 7.80. The predicted octanol–water partition coefficient (Wildman–Crippen LogP) is 5.03. The van der Waals surface area contributed by atoms with Crippen LogP contribution in [0.15, 0.2) is 11.6 Å². The van der Waals surface area contributed by atoms with E-state index in [4.69, 9.17) is 0 Å². The van der Waals surface area contributed by atoms with Crippen molar-refractivity contribution in [3.05, 3.63) is 11.6 Å². The number of fused-ring (bicyclic) bond motifs is 7. The molecule has 4 saturated carbocycles. The van der Waals surface area contributed by atoms with Gasteiger partial charge in [-0.3, -0.25) is 4.79 Å². The average molecular weight is 489 g/mol. The molecular formula is C30H48O5. The van der Waals surface area contributed by atoms with E-state index in [9.17, 15) is 25.2 Å². The number of aliphatic hydroxyl groups is 3. The van der Waals surface area contributed by atoms with E-state index in [2.05, 4.69) is 40.7 Å². The van der Waals surface area contributed by atoms with Gasteiger partial charge >= 0.3 is 5.97 Å². The zero-order valence-corrected chi connectivity index (χ0v) is 22.7. The molecule has 0 heterocycles. The lowest BCUT2D eigenvalue weighted by Gasteiger charge is -2.72. The fourth-order valence-corrected chi connectivity index (χ4v) is 10.8. The molecule has 0 aromatic carbocycles. The average Bonchev–Trinajstić information content (AvgIpc) is 2.80. The molecule has 0 spiro atoms. The molecule has 12 atom stereocenters. The summed E-state index contributed by atoms with van der Waals surface area (Å²) in [4.78, 5) is 12.8. The van der Waals surface area contributed by atoms with E-state index < -0.39 is 34.4 Å². The molecule has 0 aromatic heterocycles. The van der Waals surface area contributed by atoms with Crippen LogP contribution in [0.3, 0.4) is 0 Å². The highest BCUT2D eigenvalue weighted by Crippen LogP contribution is 2.75. The second-order valence-electron chi connectivity index (χ2n) is 14.4. The van der Waals surface area contributed by atoms with Gasteiger partial charge in [0.25, 0.3) is 0 Å². The van der Waals surface area contributed by atoms with Gasteiger partial charge in [-0.15, -0.1) is 0 Å². The summed E-state index contributed by atoms with van der Waals surface area (Å²) in [6.07, 6.45) is 7.48.